The van der Waals surface area contributed by atoms with Gasteiger partial charge in [0.2, 0.25) is 0 Å². The number of carbonyl (C=O) groups excluding carboxylic acids is 2. The lowest BCUT2D eigenvalue weighted by atomic mass is 10.0. The molecule has 1 aromatic carbocycles. The molecule has 176 valence electrons. The number of esters is 2. The molecule has 8 nitrogen and oxygen atoms in total. The van der Waals surface area contributed by atoms with Crippen LogP contribution in [-0.4, -0.2) is 52.3 Å². The van der Waals surface area contributed by atoms with Crippen molar-refractivity contribution in [3.05, 3.63) is 83.9 Å². The van der Waals surface area contributed by atoms with Gasteiger partial charge in [-0.05, 0) is 61.1 Å². The van der Waals surface area contributed by atoms with E-state index in [-0.39, 0.29) is 18.1 Å². The summed E-state index contributed by atoms with van der Waals surface area (Å²) >= 11 is 5.71. The molecule has 1 aliphatic heterocycles. The van der Waals surface area contributed by atoms with Crippen molar-refractivity contribution in [1.82, 2.24) is 19.8 Å². The minimum Gasteiger partial charge on any atom is -0.469 e. The van der Waals surface area contributed by atoms with Gasteiger partial charge in [0, 0.05) is 36.7 Å². The zero-order valence-corrected chi connectivity index (χ0v) is 19.8. The second-order valence-electron chi connectivity index (χ2n) is 7.84. The zero-order chi connectivity index (χ0) is 24.1. The lowest BCUT2D eigenvalue weighted by Gasteiger charge is -2.29. The summed E-state index contributed by atoms with van der Waals surface area (Å²) in [5.41, 5.74) is 3.13. The molecular weight excluding hydrogens is 452 g/mol. The van der Waals surface area contributed by atoms with Crippen LogP contribution in [0.4, 0.5) is 0 Å². The molecule has 0 bridgehead atoms. The van der Waals surface area contributed by atoms with Crippen LogP contribution in [-0.2, 0) is 14.3 Å². The number of benzene rings is 1. The van der Waals surface area contributed by atoms with Crippen molar-refractivity contribution in [3.63, 3.8) is 0 Å². The van der Waals surface area contributed by atoms with Gasteiger partial charge in [0.05, 0.1) is 37.6 Å². The molecule has 0 amide bonds. The SMILES string of the molecule is COC(=O)CCCN1C(=S)N[C@@H](c2ccccn2)[C@@H]1c1cccn1-c1cccc(C(=O)OC)c1. The predicted molar refractivity (Wildman–Crippen MR) is 131 cm³/mol. The summed E-state index contributed by atoms with van der Waals surface area (Å²) in [7, 11) is 2.75. The van der Waals surface area contributed by atoms with Gasteiger partial charge in [-0.1, -0.05) is 12.1 Å². The highest BCUT2D eigenvalue weighted by Crippen LogP contribution is 2.39. The van der Waals surface area contributed by atoms with E-state index in [1.807, 2.05) is 53.2 Å². The van der Waals surface area contributed by atoms with Crippen LogP contribution < -0.4 is 5.32 Å². The molecule has 0 aliphatic carbocycles. The molecule has 2 atom stereocenters. The number of hydrogen-bond acceptors (Lipinski definition) is 6. The third-order valence-corrected chi connectivity index (χ3v) is 6.19. The van der Waals surface area contributed by atoms with E-state index in [0.29, 0.717) is 30.1 Å². The summed E-state index contributed by atoms with van der Waals surface area (Å²) in [6, 6.07) is 16.7. The zero-order valence-electron chi connectivity index (χ0n) is 19.0. The van der Waals surface area contributed by atoms with Gasteiger partial charge in [0.1, 0.15) is 0 Å². The quantitative estimate of drug-likeness (QED) is 0.388. The molecule has 3 heterocycles. The lowest BCUT2D eigenvalue weighted by Crippen LogP contribution is -2.31. The van der Waals surface area contributed by atoms with Crippen molar-refractivity contribution in [2.24, 2.45) is 0 Å². The van der Waals surface area contributed by atoms with Crippen LogP contribution in [0.3, 0.4) is 0 Å². The maximum Gasteiger partial charge on any atom is 0.337 e. The Hall–Kier alpha value is -3.72. The van der Waals surface area contributed by atoms with Crippen LogP contribution in [0.25, 0.3) is 5.69 Å². The van der Waals surface area contributed by atoms with Crippen molar-refractivity contribution in [2.75, 3.05) is 20.8 Å². The highest BCUT2D eigenvalue weighted by Gasteiger charge is 2.41. The molecule has 1 N–H and O–H groups in total. The van der Waals surface area contributed by atoms with Gasteiger partial charge >= 0.3 is 11.9 Å². The smallest absolute Gasteiger partial charge is 0.337 e. The summed E-state index contributed by atoms with van der Waals surface area (Å²) < 4.78 is 11.7. The Kier molecular flexibility index (Phi) is 7.22. The Bertz CT molecular complexity index is 1180. The summed E-state index contributed by atoms with van der Waals surface area (Å²) in [6.07, 6.45) is 4.61. The average molecular weight is 479 g/mol. The topological polar surface area (TPSA) is 85.7 Å². The first-order chi connectivity index (χ1) is 16.5. The van der Waals surface area contributed by atoms with Gasteiger partial charge in [-0.15, -0.1) is 0 Å². The minimum atomic E-state index is -0.393. The summed E-state index contributed by atoms with van der Waals surface area (Å²) in [5.74, 6) is -0.644. The number of rotatable bonds is 8. The number of nitrogens with zero attached hydrogens (tertiary/aromatic N) is 3. The molecule has 3 aromatic rings. The second-order valence-corrected chi connectivity index (χ2v) is 8.23. The van der Waals surface area contributed by atoms with Crippen LogP contribution >= 0.6 is 12.2 Å². The van der Waals surface area contributed by atoms with Crippen LogP contribution in [0.5, 0.6) is 0 Å². The Morgan fingerprint density at radius 3 is 2.68 bits per heavy atom. The first-order valence-electron chi connectivity index (χ1n) is 10.9. The Labute approximate surface area is 203 Å². The third kappa shape index (κ3) is 4.79. The van der Waals surface area contributed by atoms with Crippen LogP contribution in [0.1, 0.15) is 46.7 Å². The fraction of sp³-hybridized carbons (Fsp3) is 0.280. The largest absolute Gasteiger partial charge is 0.469 e. The number of carbonyl (C=O) groups is 2. The first kappa shape index (κ1) is 23.4. The van der Waals surface area contributed by atoms with E-state index >= 15 is 0 Å². The molecule has 0 radical (unpaired) electrons. The first-order valence-corrected chi connectivity index (χ1v) is 11.3. The molecular formula is C25H26N4O4S. The van der Waals surface area contributed by atoms with E-state index in [1.165, 1.54) is 14.2 Å². The molecule has 34 heavy (non-hydrogen) atoms. The normalized spacial score (nSPS) is 17.4. The number of thiocarbonyl (C=S) groups is 1. The van der Waals surface area contributed by atoms with Gasteiger partial charge in [0.25, 0.3) is 0 Å². The molecule has 9 heteroatoms. The van der Waals surface area contributed by atoms with Gasteiger partial charge in [0.15, 0.2) is 5.11 Å². The van der Waals surface area contributed by atoms with Gasteiger partial charge in [-0.3, -0.25) is 9.78 Å². The molecule has 0 unspecified atom stereocenters. The summed E-state index contributed by atoms with van der Waals surface area (Å²) in [5, 5.41) is 4.02. The van der Waals surface area contributed by atoms with Crippen LogP contribution in [0.15, 0.2) is 67.0 Å². The molecule has 1 saturated heterocycles. The van der Waals surface area contributed by atoms with E-state index in [2.05, 4.69) is 15.2 Å². The molecule has 0 spiro atoms. The highest BCUT2D eigenvalue weighted by atomic mass is 32.1. The molecule has 1 aliphatic rings. The fourth-order valence-corrected chi connectivity index (χ4v) is 4.57. The molecule has 4 rings (SSSR count). The van der Waals surface area contributed by atoms with Crippen molar-refractivity contribution >= 4 is 29.3 Å². The molecule has 0 saturated carbocycles. The Morgan fingerprint density at radius 2 is 1.94 bits per heavy atom. The predicted octanol–water partition coefficient (Wildman–Crippen LogP) is 3.58. The van der Waals surface area contributed by atoms with Crippen molar-refractivity contribution in [3.8, 4) is 5.69 Å². The van der Waals surface area contributed by atoms with Gasteiger partial charge in [-0.25, -0.2) is 4.79 Å². The average Bonchev–Trinajstić information content (AvgIpc) is 3.48. The monoisotopic (exact) mass is 478 g/mol. The van der Waals surface area contributed by atoms with Gasteiger partial charge in [-0.2, -0.15) is 0 Å². The van der Waals surface area contributed by atoms with E-state index < -0.39 is 5.97 Å². The van der Waals surface area contributed by atoms with Crippen molar-refractivity contribution in [1.29, 1.82) is 0 Å². The molecule has 1 fully saturated rings. The maximum absolute atomic E-state index is 12.1. The Morgan fingerprint density at radius 1 is 1.09 bits per heavy atom. The van der Waals surface area contributed by atoms with Crippen LogP contribution in [0.2, 0.25) is 0 Å². The number of aromatic nitrogens is 2. The second kappa shape index (κ2) is 10.5. The summed E-state index contributed by atoms with van der Waals surface area (Å²) in [6.45, 7) is 0.572. The minimum absolute atomic E-state index is 0.183. The maximum atomic E-state index is 12.1. The van der Waals surface area contributed by atoms with Crippen molar-refractivity contribution < 1.29 is 19.1 Å². The standard InChI is InChI=1S/C25H26N4O4S/c1-32-21(30)12-7-15-29-23(22(27-25(29)34)19-10-3-4-13-26-19)20-11-6-14-28(20)18-9-5-8-17(16-18)24(31)33-2/h3-6,8-11,13-14,16,22-23H,7,12,15H2,1-2H3,(H,27,34)/t22-,23-/m0/s1. The lowest BCUT2D eigenvalue weighted by molar-refractivity contribution is -0.140. The molecule has 2 aromatic heterocycles. The summed E-state index contributed by atoms with van der Waals surface area (Å²) in [4.78, 5) is 30.4. The third-order valence-electron chi connectivity index (χ3n) is 5.83. The fourth-order valence-electron chi connectivity index (χ4n) is 4.23. The number of hydrogen-bond donors (Lipinski definition) is 1. The van der Waals surface area contributed by atoms with Crippen molar-refractivity contribution in [2.45, 2.75) is 24.9 Å². The Balaban J connectivity index is 1.73. The van der Waals surface area contributed by atoms with Crippen LogP contribution in [0, 0.1) is 0 Å². The number of pyridine rings is 1. The van der Waals surface area contributed by atoms with E-state index in [9.17, 15) is 9.59 Å². The number of ether oxygens (including phenoxy) is 2. The van der Waals surface area contributed by atoms with E-state index in [4.69, 9.17) is 21.7 Å². The highest BCUT2D eigenvalue weighted by molar-refractivity contribution is 7.80. The van der Waals surface area contributed by atoms with Gasteiger partial charge < -0.3 is 24.3 Å². The number of nitrogens with one attached hydrogen (secondary N) is 1. The number of methoxy groups -OCH3 is 2. The van der Waals surface area contributed by atoms with E-state index in [1.54, 1.807) is 18.3 Å². The van der Waals surface area contributed by atoms with E-state index in [0.717, 1.165) is 17.1 Å².